The van der Waals surface area contributed by atoms with Crippen LogP contribution in [0.3, 0.4) is 0 Å². The number of methoxy groups -OCH3 is 1. The molecule has 110 valence electrons. The van der Waals surface area contributed by atoms with E-state index in [1.54, 1.807) is 7.11 Å². The predicted molar refractivity (Wildman–Crippen MR) is 78.8 cm³/mol. The molecule has 0 unspecified atom stereocenters. The van der Waals surface area contributed by atoms with Crippen molar-refractivity contribution in [3.63, 3.8) is 0 Å². The van der Waals surface area contributed by atoms with Crippen LogP contribution in [0.25, 0.3) is 0 Å². The van der Waals surface area contributed by atoms with Gasteiger partial charge in [-0.3, -0.25) is 4.79 Å². The van der Waals surface area contributed by atoms with E-state index in [-0.39, 0.29) is 18.1 Å². The first kappa shape index (κ1) is 15.0. The average Bonchev–Trinajstić information content (AvgIpc) is 2.86. The van der Waals surface area contributed by atoms with E-state index >= 15 is 0 Å². The Bertz CT molecular complexity index is 445. The van der Waals surface area contributed by atoms with Crippen LogP contribution < -0.4 is 10.6 Å². The first-order valence-corrected chi connectivity index (χ1v) is 6.88. The molecule has 0 aromatic heterocycles. The Morgan fingerprint density at radius 3 is 2.65 bits per heavy atom. The molecule has 1 fully saturated rings. The first-order valence-electron chi connectivity index (χ1n) is 6.88. The molecule has 1 aromatic rings. The van der Waals surface area contributed by atoms with Gasteiger partial charge < -0.3 is 20.3 Å². The molecule has 2 rings (SSSR count). The maximum Gasteiger partial charge on any atom is 0.251 e. The highest BCUT2D eigenvalue weighted by Crippen LogP contribution is 2.09. The molecule has 0 aliphatic carbocycles. The van der Waals surface area contributed by atoms with E-state index in [0.717, 1.165) is 19.6 Å². The summed E-state index contributed by atoms with van der Waals surface area (Å²) in [6.45, 7) is 2.41. The van der Waals surface area contributed by atoms with E-state index in [2.05, 4.69) is 15.5 Å². The van der Waals surface area contributed by atoms with Gasteiger partial charge in [0.1, 0.15) is 0 Å². The molecule has 20 heavy (non-hydrogen) atoms. The summed E-state index contributed by atoms with van der Waals surface area (Å²) >= 11 is 0. The molecule has 2 atom stereocenters. The van der Waals surface area contributed by atoms with Crippen molar-refractivity contribution >= 4 is 5.91 Å². The number of hydrogen-bond acceptors (Lipinski definition) is 4. The van der Waals surface area contributed by atoms with Gasteiger partial charge in [-0.2, -0.15) is 0 Å². The average molecular weight is 277 g/mol. The third-order valence-electron chi connectivity index (χ3n) is 3.49. The van der Waals surface area contributed by atoms with Crippen LogP contribution >= 0.6 is 0 Å². The molecule has 1 amide bonds. The number of carbonyl (C=O) groups excluding carboxylic acids is 1. The lowest BCUT2D eigenvalue weighted by Crippen LogP contribution is -2.43. The summed E-state index contributed by atoms with van der Waals surface area (Å²) in [6.07, 6.45) is 0.0481. The summed E-state index contributed by atoms with van der Waals surface area (Å²) in [5.41, 5.74) is 1.89. The highest BCUT2D eigenvalue weighted by atomic mass is 16.5. The molecule has 1 saturated heterocycles. The van der Waals surface area contributed by atoms with Gasteiger partial charge >= 0.3 is 0 Å². The minimum atomic E-state index is -0.0443. The Labute approximate surface area is 120 Å². The van der Waals surface area contributed by atoms with Gasteiger partial charge in [0.25, 0.3) is 5.91 Å². The predicted octanol–water partition coefficient (Wildman–Crippen LogP) is 0.465. The van der Waals surface area contributed by atoms with Crippen LogP contribution in [0.4, 0.5) is 0 Å². The van der Waals surface area contributed by atoms with E-state index < -0.39 is 0 Å². The highest BCUT2D eigenvalue weighted by Gasteiger charge is 2.28. The summed E-state index contributed by atoms with van der Waals surface area (Å²) in [5, 5.41) is 6.24. The maximum atomic E-state index is 12.2. The van der Waals surface area contributed by atoms with Crippen molar-refractivity contribution in [3.05, 3.63) is 35.4 Å². The minimum Gasteiger partial charge on any atom is -0.378 e. The summed E-state index contributed by atoms with van der Waals surface area (Å²) in [5.74, 6) is -0.0443. The molecule has 0 bridgehead atoms. The Kier molecular flexibility index (Phi) is 5.11. The van der Waals surface area contributed by atoms with Gasteiger partial charge in [0.15, 0.2) is 0 Å². The van der Waals surface area contributed by atoms with Gasteiger partial charge in [-0.15, -0.1) is 0 Å². The molecular formula is C15H23N3O2. The van der Waals surface area contributed by atoms with Crippen molar-refractivity contribution in [2.45, 2.75) is 18.7 Å². The molecular weight excluding hydrogens is 254 g/mol. The van der Waals surface area contributed by atoms with Gasteiger partial charge in [-0.25, -0.2) is 0 Å². The van der Waals surface area contributed by atoms with Crippen LogP contribution in [0.1, 0.15) is 15.9 Å². The fourth-order valence-electron chi connectivity index (χ4n) is 2.42. The topological polar surface area (TPSA) is 53.6 Å². The molecule has 0 saturated carbocycles. The lowest BCUT2D eigenvalue weighted by molar-refractivity contribution is 0.0780. The van der Waals surface area contributed by atoms with Gasteiger partial charge in [0.05, 0.1) is 12.1 Å². The highest BCUT2D eigenvalue weighted by molar-refractivity contribution is 5.94. The number of hydrogen-bond donors (Lipinski definition) is 2. The molecule has 1 aliphatic rings. The van der Waals surface area contributed by atoms with Crippen molar-refractivity contribution in [3.8, 4) is 0 Å². The summed E-state index contributed by atoms with van der Waals surface area (Å²) in [4.78, 5) is 14.3. The number of rotatable bonds is 5. The largest absolute Gasteiger partial charge is 0.378 e. The zero-order valence-corrected chi connectivity index (χ0v) is 12.3. The van der Waals surface area contributed by atoms with E-state index in [1.165, 1.54) is 5.56 Å². The second-order valence-corrected chi connectivity index (χ2v) is 5.45. The van der Waals surface area contributed by atoms with Crippen molar-refractivity contribution in [1.29, 1.82) is 0 Å². The van der Waals surface area contributed by atoms with Gasteiger partial charge in [-0.1, -0.05) is 12.1 Å². The van der Waals surface area contributed by atoms with Gasteiger partial charge in [0.2, 0.25) is 0 Å². The number of carbonyl (C=O) groups is 1. The maximum absolute atomic E-state index is 12.2. The molecule has 1 aromatic carbocycles. The second kappa shape index (κ2) is 6.83. The second-order valence-electron chi connectivity index (χ2n) is 5.45. The Hall–Kier alpha value is -1.43. The molecule has 1 aliphatic heterocycles. The minimum absolute atomic E-state index is 0.0361. The number of nitrogens with zero attached hydrogens (tertiary/aromatic N) is 1. The fourth-order valence-corrected chi connectivity index (χ4v) is 2.42. The number of ether oxygens (including phenoxy) is 1. The quantitative estimate of drug-likeness (QED) is 0.821. The number of benzene rings is 1. The van der Waals surface area contributed by atoms with Gasteiger partial charge in [0, 0.05) is 32.3 Å². The van der Waals surface area contributed by atoms with E-state index in [1.807, 2.05) is 38.4 Å². The Morgan fingerprint density at radius 2 is 2.05 bits per heavy atom. The summed E-state index contributed by atoms with van der Waals surface area (Å²) < 4.78 is 5.34. The molecule has 0 spiro atoms. The zero-order chi connectivity index (χ0) is 14.5. The van der Waals surface area contributed by atoms with Crippen molar-refractivity contribution in [2.24, 2.45) is 0 Å². The molecule has 5 nitrogen and oxygen atoms in total. The van der Waals surface area contributed by atoms with E-state index in [9.17, 15) is 4.79 Å². The summed E-state index contributed by atoms with van der Waals surface area (Å²) in [6, 6.07) is 7.77. The smallest absolute Gasteiger partial charge is 0.251 e. The standard InChI is InChI=1S/C15H23N3O2/c1-18(2)10-11-4-6-12(7-5-11)15(19)17-13-8-16-9-14(13)20-3/h4-7,13-14,16H,8-10H2,1-3H3,(H,17,19)/t13-,14-/m0/s1. The van der Waals surface area contributed by atoms with Gasteiger partial charge in [-0.05, 0) is 31.8 Å². The third kappa shape index (κ3) is 3.79. The lowest BCUT2D eigenvalue weighted by atomic mass is 10.1. The monoisotopic (exact) mass is 277 g/mol. The van der Waals surface area contributed by atoms with Crippen LogP contribution in [-0.4, -0.2) is 57.2 Å². The molecule has 2 N–H and O–H groups in total. The SMILES string of the molecule is CO[C@H]1CNC[C@@H]1NC(=O)c1ccc(CN(C)C)cc1. The van der Waals surface area contributed by atoms with Crippen LogP contribution in [0.15, 0.2) is 24.3 Å². The molecule has 0 radical (unpaired) electrons. The fraction of sp³-hybridized carbons (Fsp3) is 0.533. The Morgan fingerprint density at radius 1 is 1.35 bits per heavy atom. The van der Waals surface area contributed by atoms with Crippen molar-refractivity contribution < 1.29 is 9.53 Å². The number of nitrogens with one attached hydrogen (secondary N) is 2. The number of amides is 1. The lowest BCUT2D eigenvalue weighted by Gasteiger charge is -2.18. The van der Waals surface area contributed by atoms with Crippen LogP contribution in [0.5, 0.6) is 0 Å². The van der Waals surface area contributed by atoms with Crippen LogP contribution in [0, 0.1) is 0 Å². The third-order valence-corrected chi connectivity index (χ3v) is 3.49. The zero-order valence-electron chi connectivity index (χ0n) is 12.3. The normalized spacial score (nSPS) is 22.2. The first-order chi connectivity index (χ1) is 9.60. The van der Waals surface area contributed by atoms with E-state index in [0.29, 0.717) is 5.56 Å². The van der Waals surface area contributed by atoms with Crippen molar-refractivity contribution in [1.82, 2.24) is 15.5 Å². The molecule has 5 heteroatoms. The van der Waals surface area contributed by atoms with E-state index in [4.69, 9.17) is 4.74 Å². The van der Waals surface area contributed by atoms with Crippen LogP contribution in [-0.2, 0) is 11.3 Å². The molecule has 1 heterocycles. The van der Waals surface area contributed by atoms with Crippen LogP contribution in [0.2, 0.25) is 0 Å². The van der Waals surface area contributed by atoms with Crippen molar-refractivity contribution in [2.75, 3.05) is 34.3 Å². The summed E-state index contributed by atoms with van der Waals surface area (Å²) in [7, 11) is 5.73. The Balaban J connectivity index is 1.95.